The average Bonchev–Trinajstić information content (AvgIpc) is 3.32. The Balaban J connectivity index is 1.66. The Labute approximate surface area is 168 Å². The van der Waals surface area contributed by atoms with Crippen molar-refractivity contribution in [2.75, 3.05) is 6.54 Å². The van der Waals surface area contributed by atoms with Crippen molar-refractivity contribution in [3.05, 3.63) is 94.9 Å². The second kappa shape index (κ2) is 8.00. The van der Waals surface area contributed by atoms with Crippen LogP contribution < -0.4 is 0 Å². The number of hydrogen-bond donors (Lipinski definition) is 0. The van der Waals surface area contributed by atoms with Gasteiger partial charge in [0.25, 0.3) is 5.91 Å². The predicted octanol–water partition coefficient (Wildman–Crippen LogP) is 4.70. The second-order valence-electron chi connectivity index (χ2n) is 6.71. The molecule has 5 nitrogen and oxygen atoms in total. The monoisotopic (exact) mass is 393 g/mol. The summed E-state index contributed by atoms with van der Waals surface area (Å²) >= 11 is 5.97. The third-order valence-electron chi connectivity index (χ3n) is 4.72. The maximum absolute atomic E-state index is 12.8. The summed E-state index contributed by atoms with van der Waals surface area (Å²) in [6.07, 6.45) is 1.23. The molecule has 0 radical (unpaired) electrons. The standard InChI is InChI=1S/C22H20ClN3O2/c1-16(18-9-11-19(23)12-10-18)24-26-21(27)15-25(14-17-6-3-2-4-7-17)22(26)20-8-5-13-28-20/h2-13,22H,14-15H2,1H3/b24-16+. The maximum Gasteiger partial charge on any atom is 0.258 e. The van der Waals surface area contributed by atoms with Crippen LogP contribution in [0.15, 0.2) is 82.5 Å². The third kappa shape index (κ3) is 3.86. The summed E-state index contributed by atoms with van der Waals surface area (Å²) < 4.78 is 5.64. The molecular formula is C22H20ClN3O2. The van der Waals surface area contributed by atoms with Crippen LogP contribution in [0.5, 0.6) is 0 Å². The Bertz CT molecular complexity index is 969. The Morgan fingerprint density at radius 1 is 1.11 bits per heavy atom. The zero-order valence-corrected chi connectivity index (χ0v) is 16.2. The average molecular weight is 394 g/mol. The van der Waals surface area contributed by atoms with E-state index in [1.54, 1.807) is 6.26 Å². The number of hydrazone groups is 1. The van der Waals surface area contributed by atoms with E-state index < -0.39 is 0 Å². The first-order chi connectivity index (χ1) is 13.6. The molecule has 142 valence electrons. The van der Waals surface area contributed by atoms with Gasteiger partial charge in [0.05, 0.1) is 18.5 Å². The van der Waals surface area contributed by atoms with Gasteiger partial charge in [-0.25, -0.2) is 5.01 Å². The Kier molecular flexibility index (Phi) is 5.28. The van der Waals surface area contributed by atoms with Gasteiger partial charge in [-0.3, -0.25) is 9.69 Å². The van der Waals surface area contributed by atoms with Crippen LogP contribution >= 0.6 is 11.6 Å². The number of furan rings is 1. The van der Waals surface area contributed by atoms with Gasteiger partial charge < -0.3 is 4.42 Å². The van der Waals surface area contributed by atoms with Crippen molar-refractivity contribution in [2.24, 2.45) is 5.10 Å². The molecule has 0 bridgehead atoms. The van der Waals surface area contributed by atoms with E-state index in [4.69, 9.17) is 16.0 Å². The first-order valence-electron chi connectivity index (χ1n) is 9.06. The summed E-state index contributed by atoms with van der Waals surface area (Å²) in [5.74, 6) is 0.625. The molecule has 2 heterocycles. The number of carbonyl (C=O) groups excluding carboxylic acids is 1. The fourth-order valence-electron chi connectivity index (χ4n) is 3.34. The van der Waals surface area contributed by atoms with Crippen LogP contribution in [0.3, 0.4) is 0 Å². The molecule has 1 aliphatic heterocycles. The molecule has 3 aromatic rings. The number of carbonyl (C=O) groups is 1. The molecular weight excluding hydrogens is 374 g/mol. The molecule has 28 heavy (non-hydrogen) atoms. The minimum Gasteiger partial charge on any atom is -0.466 e. The van der Waals surface area contributed by atoms with Gasteiger partial charge in [-0.05, 0) is 42.3 Å². The summed E-state index contributed by atoms with van der Waals surface area (Å²) in [6, 6.07) is 21.2. The Morgan fingerprint density at radius 3 is 2.54 bits per heavy atom. The van der Waals surface area contributed by atoms with Gasteiger partial charge in [-0.1, -0.05) is 54.1 Å². The predicted molar refractivity (Wildman–Crippen MR) is 109 cm³/mol. The van der Waals surface area contributed by atoms with E-state index in [2.05, 4.69) is 22.1 Å². The van der Waals surface area contributed by atoms with Crippen molar-refractivity contribution < 1.29 is 9.21 Å². The largest absolute Gasteiger partial charge is 0.466 e. The van der Waals surface area contributed by atoms with Crippen molar-refractivity contribution in [3.8, 4) is 0 Å². The first kappa shape index (κ1) is 18.5. The molecule has 6 heteroatoms. The van der Waals surface area contributed by atoms with Crippen LogP contribution in [-0.2, 0) is 11.3 Å². The number of benzene rings is 2. The van der Waals surface area contributed by atoms with E-state index in [0.717, 1.165) is 16.8 Å². The minimum atomic E-state index is -0.384. The molecule has 1 atom stereocenters. The number of amides is 1. The lowest BCUT2D eigenvalue weighted by Gasteiger charge is -2.25. The van der Waals surface area contributed by atoms with E-state index in [9.17, 15) is 4.79 Å². The van der Waals surface area contributed by atoms with Gasteiger partial charge in [-0.15, -0.1) is 0 Å². The van der Waals surface area contributed by atoms with Gasteiger partial charge in [0.1, 0.15) is 5.76 Å². The molecule has 0 spiro atoms. The van der Waals surface area contributed by atoms with Gasteiger partial charge in [0.15, 0.2) is 6.17 Å². The summed E-state index contributed by atoms with van der Waals surface area (Å²) in [6.45, 7) is 2.79. The van der Waals surface area contributed by atoms with E-state index in [1.165, 1.54) is 5.01 Å². The van der Waals surface area contributed by atoms with Crippen molar-refractivity contribution in [2.45, 2.75) is 19.6 Å². The van der Waals surface area contributed by atoms with Crippen molar-refractivity contribution in [1.29, 1.82) is 0 Å². The lowest BCUT2D eigenvalue weighted by molar-refractivity contribution is -0.128. The van der Waals surface area contributed by atoms with Gasteiger partial charge in [-0.2, -0.15) is 5.10 Å². The van der Waals surface area contributed by atoms with Gasteiger partial charge >= 0.3 is 0 Å². The van der Waals surface area contributed by atoms with E-state index >= 15 is 0 Å². The summed E-state index contributed by atoms with van der Waals surface area (Å²) in [4.78, 5) is 14.9. The highest BCUT2D eigenvalue weighted by Crippen LogP contribution is 2.33. The highest BCUT2D eigenvalue weighted by Gasteiger charge is 2.41. The maximum atomic E-state index is 12.8. The third-order valence-corrected chi connectivity index (χ3v) is 4.97. The number of halogens is 1. The van der Waals surface area contributed by atoms with Crippen molar-refractivity contribution >= 4 is 23.2 Å². The van der Waals surface area contributed by atoms with Crippen LogP contribution in [0.4, 0.5) is 0 Å². The lowest BCUT2D eigenvalue weighted by Crippen LogP contribution is -2.29. The summed E-state index contributed by atoms with van der Waals surface area (Å²) in [5.41, 5.74) is 2.78. The first-order valence-corrected chi connectivity index (χ1v) is 9.44. The molecule has 1 fully saturated rings. The molecule has 1 amide bonds. The normalized spacial score (nSPS) is 18.1. The van der Waals surface area contributed by atoms with E-state index in [-0.39, 0.29) is 18.6 Å². The molecule has 2 aromatic carbocycles. The van der Waals surface area contributed by atoms with E-state index in [1.807, 2.05) is 61.5 Å². The zero-order chi connectivity index (χ0) is 19.5. The van der Waals surface area contributed by atoms with Gasteiger partial charge in [0.2, 0.25) is 0 Å². The second-order valence-corrected chi connectivity index (χ2v) is 7.15. The number of hydrogen-bond acceptors (Lipinski definition) is 4. The molecule has 0 N–H and O–H groups in total. The quantitative estimate of drug-likeness (QED) is 0.590. The molecule has 0 aliphatic carbocycles. The number of nitrogens with zero attached hydrogens (tertiary/aromatic N) is 3. The number of rotatable bonds is 5. The highest BCUT2D eigenvalue weighted by molar-refractivity contribution is 6.30. The van der Waals surface area contributed by atoms with Crippen molar-refractivity contribution in [1.82, 2.24) is 9.91 Å². The fraction of sp³-hybridized carbons (Fsp3) is 0.182. The highest BCUT2D eigenvalue weighted by atomic mass is 35.5. The SMILES string of the molecule is C/C(=N\N1C(=O)CN(Cc2ccccc2)C1c1ccco1)c1ccc(Cl)cc1. The van der Waals surface area contributed by atoms with E-state index in [0.29, 0.717) is 17.3 Å². The fourth-order valence-corrected chi connectivity index (χ4v) is 3.47. The summed E-state index contributed by atoms with van der Waals surface area (Å²) in [5, 5.41) is 6.82. The molecule has 1 aliphatic rings. The minimum absolute atomic E-state index is 0.0642. The van der Waals surface area contributed by atoms with Gasteiger partial charge in [0, 0.05) is 11.6 Å². The summed E-state index contributed by atoms with van der Waals surface area (Å²) in [7, 11) is 0. The Hall–Kier alpha value is -2.89. The molecule has 0 saturated carbocycles. The molecule has 1 unspecified atom stereocenters. The molecule has 1 aromatic heterocycles. The molecule has 1 saturated heterocycles. The smallest absolute Gasteiger partial charge is 0.258 e. The van der Waals surface area contributed by atoms with Crippen LogP contribution in [0.2, 0.25) is 5.02 Å². The zero-order valence-electron chi connectivity index (χ0n) is 15.5. The van der Waals surface area contributed by atoms with Crippen LogP contribution in [0.1, 0.15) is 30.0 Å². The Morgan fingerprint density at radius 2 is 1.86 bits per heavy atom. The topological polar surface area (TPSA) is 49.1 Å². The lowest BCUT2D eigenvalue weighted by atomic mass is 10.1. The van der Waals surface area contributed by atoms with Crippen LogP contribution in [0, 0.1) is 0 Å². The van der Waals surface area contributed by atoms with Crippen LogP contribution in [-0.4, -0.2) is 28.1 Å². The molecule has 4 rings (SSSR count). The van der Waals surface area contributed by atoms with Crippen molar-refractivity contribution in [3.63, 3.8) is 0 Å². The van der Waals surface area contributed by atoms with Crippen LogP contribution in [0.25, 0.3) is 0 Å².